The summed E-state index contributed by atoms with van der Waals surface area (Å²) in [5.74, 6) is -0.308. The quantitative estimate of drug-likeness (QED) is 0.804. The van der Waals surface area contributed by atoms with Crippen LogP contribution in [0.3, 0.4) is 0 Å². The number of aliphatic carboxylic acids is 1. The number of hydrogen-bond donors (Lipinski definition) is 2. The van der Waals surface area contributed by atoms with E-state index in [2.05, 4.69) is 0 Å². The normalized spacial score (nSPS) is 15.2. The number of rotatable bonds is 3. The highest BCUT2D eigenvalue weighted by Crippen LogP contribution is 2.40. The molecule has 1 atom stereocenters. The molecule has 6 heteroatoms. The van der Waals surface area contributed by atoms with Gasteiger partial charge in [-0.15, -0.1) is 0 Å². The number of aliphatic hydroxyl groups is 1. The molecule has 0 radical (unpaired) electrons. The van der Waals surface area contributed by atoms with Gasteiger partial charge < -0.3 is 24.4 Å². The van der Waals surface area contributed by atoms with Crippen LogP contribution in [-0.2, 0) is 4.79 Å². The SMILES string of the molecule is COc1cc2c(c(C(O)C(=O)O)c1)OCCO2. The van der Waals surface area contributed by atoms with Crippen LogP contribution in [0.2, 0.25) is 0 Å². The lowest BCUT2D eigenvalue weighted by molar-refractivity contribution is -0.147. The molecule has 6 nitrogen and oxygen atoms in total. The Morgan fingerprint density at radius 3 is 2.76 bits per heavy atom. The Morgan fingerprint density at radius 1 is 1.41 bits per heavy atom. The van der Waals surface area contributed by atoms with E-state index < -0.39 is 12.1 Å². The van der Waals surface area contributed by atoms with Gasteiger partial charge in [0.2, 0.25) is 0 Å². The van der Waals surface area contributed by atoms with Crippen molar-refractivity contribution in [3.05, 3.63) is 17.7 Å². The summed E-state index contributed by atoms with van der Waals surface area (Å²) in [6.45, 7) is 0.696. The summed E-state index contributed by atoms with van der Waals surface area (Å²) in [5.41, 5.74) is 0.131. The summed E-state index contributed by atoms with van der Waals surface area (Å²) in [5, 5.41) is 18.4. The number of fused-ring (bicyclic) bond motifs is 1. The fourth-order valence-corrected chi connectivity index (χ4v) is 1.61. The molecule has 0 amide bonds. The third-order valence-electron chi connectivity index (χ3n) is 2.41. The zero-order chi connectivity index (χ0) is 12.4. The highest BCUT2D eigenvalue weighted by Gasteiger charge is 2.26. The maximum Gasteiger partial charge on any atom is 0.337 e. The van der Waals surface area contributed by atoms with Crippen LogP contribution in [0.15, 0.2) is 12.1 Å². The average molecular weight is 240 g/mol. The van der Waals surface area contributed by atoms with Gasteiger partial charge >= 0.3 is 5.97 Å². The van der Waals surface area contributed by atoms with Crippen LogP contribution in [-0.4, -0.2) is 36.5 Å². The first-order valence-electron chi connectivity index (χ1n) is 5.02. The molecule has 0 spiro atoms. The second kappa shape index (κ2) is 4.50. The molecule has 17 heavy (non-hydrogen) atoms. The van der Waals surface area contributed by atoms with Crippen molar-refractivity contribution in [3.8, 4) is 17.2 Å². The Morgan fingerprint density at radius 2 is 2.12 bits per heavy atom. The topological polar surface area (TPSA) is 85.2 Å². The fourth-order valence-electron chi connectivity index (χ4n) is 1.61. The lowest BCUT2D eigenvalue weighted by Gasteiger charge is -2.22. The fraction of sp³-hybridized carbons (Fsp3) is 0.364. The molecule has 0 saturated carbocycles. The molecule has 0 bridgehead atoms. The summed E-state index contributed by atoms with van der Waals surface area (Å²) < 4.78 is 15.7. The first-order valence-corrected chi connectivity index (χ1v) is 5.02. The molecule has 1 aromatic rings. The molecular formula is C11H12O6. The van der Waals surface area contributed by atoms with Gasteiger partial charge in [-0.25, -0.2) is 4.79 Å². The van der Waals surface area contributed by atoms with Crippen LogP contribution < -0.4 is 14.2 Å². The van der Waals surface area contributed by atoms with E-state index >= 15 is 0 Å². The third kappa shape index (κ3) is 2.12. The second-order valence-electron chi connectivity index (χ2n) is 3.48. The van der Waals surface area contributed by atoms with E-state index in [-0.39, 0.29) is 11.3 Å². The van der Waals surface area contributed by atoms with E-state index in [1.807, 2.05) is 0 Å². The van der Waals surface area contributed by atoms with E-state index in [1.54, 1.807) is 6.07 Å². The van der Waals surface area contributed by atoms with Crippen LogP contribution in [0.4, 0.5) is 0 Å². The standard InChI is InChI=1S/C11H12O6/c1-15-6-4-7(9(12)11(13)14)10-8(5-6)16-2-3-17-10/h4-5,9,12H,2-3H2,1H3,(H,13,14). The van der Waals surface area contributed by atoms with Crippen molar-refractivity contribution in [1.82, 2.24) is 0 Å². The number of aliphatic hydroxyl groups excluding tert-OH is 1. The lowest BCUT2D eigenvalue weighted by atomic mass is 10.1. The summed E-state index contributed by atoms with van der Waals surface area (Å²) >= 11 is 0. The van der Waals surface area contributed by atoms with Crippen molar-refractivity contribution >= 4 is 5.97 Å². The van der Waals surface area contributed by atoms with Gasteiger partial charge in [0.05, 0.1) is 7.11 Å². The monoisotopic (exact) mass is 240 g/mol. The number of hydrogen-bond acceptors (Lipinski definition) is 5. The highest BCUT2D eigenvalue weighted by molar-refractivity contribution is 5.76. The Hall–Kier alpha value is -1.95. The molecule has 0 aliphatic carbocycles. The summed E-state index contributed by atoms with van der Waals surface area (Å²) in [6, 6.07) is 3.01. The number of carbonyl (C=O) groups is 1. The van der Waals surface area contributed by atoms with Gasteiger partial charge in [-0.1, -0.05) is 0 Å². The number of ether oxygens (including phenoxy) is 3. The number of carboxylic acid groups (broad SMARTS) is 1. The van der Waals surface area contributed by atoms with Crippen molar-refractivity contribution in [2.24, 2.45) is 0 Å². The van der Waals surface area contributed by atoms with Gasteiger partial charge in [0.25, 0.3) is 0 Å². The predicted octanol–water partition coefficient (Wildman–Crippen LogP) is 0.584. The molecule has 0 aromatic heterocycles. The first kappa shape index (κ1) is 11.5. The van der Waals surface area contributed by atoms with Gasteiger partial charge in [-0.3, -0.25) is 0 Å². The molecule has 1 aromatic carbocycles. The molecule has 2 rings (SSSR count). The van der Waals surface area contributed by atoms with Crippen LogP contribution in [0.5, 0.6) is 17.2 Å². The van der Waals surface area contributed by atoms with Crippen molar-refractivity contribution < 1.29 is 29.2 Å². The Kier molecular flexibility index (Phi) is 3.06. The molecule has 2 N–H and O–H groups in total. The minimum atomic E-state index is -1.67. The molecule has 0 saturated heterocycles. The maximum absolute atomic E-state index is 10.8. The number of carboxylic acids is 1. The molecule has 92 valence electrons. The van der Waals surface area contributed by atoms with Crippen LogP contribution >= 0.6 is 0 Å². The Bertz CT molecular complexity index is 442. The molecule has 1 aliphatic heterocycles. The van der Waals surface area contributed by atoms with Gasteiger partial charge in [-0.05, 0) is 6.07 Å². The number of methoxy groups -OCH3 is 1. The summed E-state index contributed by atoms with van der Waals surface area (Å²) in [6.07, 6.45) is -1.67. The van der Waals surface area contributed by atoms with E-state index in [9.17, 15) is 9.90 Å². The third-order valence-corrected chi connectivity index (χ3v) is 2.41. The summed E-state index contributed by atoms with van der Waals surface area (Å²) in [4.78, 5) is 10.8. The highest BCUT2D eigenvalue weighted by atomic mass is 16.6. The zero-order valence-corrected chi connectivity index (χ0v) is 9.17. The first-order chi connectivity index (χ1) is 8.13. The molecule has 1 aliphatic rings. The van der Waals surface area contributed by atoms with Crippen molar-refractivity contribution in [2.75, 3.05) is 20.3 Å². The molecule has 1 heterocycles. The Balaban J connectivity index is 2.51. The van der Waals surface area contributed by atoms with E-state index in [0.29, 0.717) is 24.7 Å². The van der Waals surface area contributed by atoms with Crippen LogP contribution in [0.1, 0.15) is 11.7 Å². The molecule has 0 fully saturated rings. The maximum atomic E-state index is 10.8. The van der Waals surface area contributed by atoms with Gasteiger partial charge in [0.1, 0.15) is 19.0 Å². The number of benzene rings is 1. The lowest BCUT2D eigenvalue weighted by Crippen LogP contribution is -2.19. The second-order valence-corrected chi connectivity index (χ2v) is 3.48. The molecule has 1 unspecified atom stereocenters. The smallest absolute Gasteiger partial charge is 0.337 e. The van der Waals surface area contributed by atoms with E-state index in [0.717, 1.165) is 0 Å². The Labute approximate surface area is 97.3 Å². The zero-order valence-electron chi connectivity index (χ0n) is 9.17. The molecular weight excluding hydrogens is 228 g/mol. The largest absolute Gasteiger partial charge is 0.497 e. The van der Waals surface area contributed by atoms with E-state index in [4.69, 9.17) is 19.3 Å². The average Bonchev–Trinajstić information content (AvgIpc) is 2.36. The van der Waals surface area contributed by atoms with Crippen LogP contribution in [0, 0.1) is 0 Å². The van der Waals surface area contributed by atoms with Crippen LogP contribution in [0.25, 0.3) is 0 Å². The summed E-state index contributed by atoms with van der Waals surface area (Å²) in [7, 11) is 1.45. The van der Waals surface area contributed by atoms with Gasteiger partial charge in [0, 0.05) is 11.6 Å². The van der Waals surface area contributed by atoms with Crippen molar-refractivity contribution in [1.29, 1.82) is 0 Å². The minimum absolute atomic E-state index is 0.131. The van der Waals surface area contributed by atoms with Crippen molar-refractivity contribution in [3.63, 3.8) is 0 Å². The predicted molar refractivity (Wildman–Crippen MR) is 56.6 cm³/mol. The van der Waals surface area contributed by atoms with Gasteiger partial charge in [0.15, 0.2) is 17.6 Å². The van der Waals surface area contributed by atoms with Crippen molar-refractivity contribution in [2.45, 2.75) is 6.10 Å². The minimum Gasteiger partial charge on any atom is -0.497 e. The van der Waals surface area contributed by atoms with E-state index in [1.165, 1.54) is 13.2 Å². The van der Waals surface area contributed by atoms with Gasteiger partial charge in [-0.2, -0.15) is 0 Å².